The minimum Gasteiger partial charge on any atom is -0.481 e. The molecule has 0 unspecified atom stereocenters. The van der Waals surface area contributed by atoms with Gasteiger partial charge in [-0.3, -0.25) is 4.68 Å². The molecule has 2 aromatic heterocycles. The average molecular weight is 232 g/mol. The molecule has 17 heavy (non-hydrogen) atoms. The summed E-state index contributed by atoms with van der Waals surface area (Å²) in [5.41, 5.74) is 2.31. The van der Waals surface area contributed by atoms with Crippen LogP contribution in [0, 0.1) is 0 Å². The number of aromatic nitrogens is 3. The van der Waals surface area contributed by atoms with E-state index in [-0.39, 0.29) is 0 Å². The highest BCUT2D eigenvalue weighted by Crippen LogP contribution is 2.06. The monoisotopic (exact) mass is 232 g/mol. The normalized spacial score (nSPS) is 10.5. The van der Waals surface area contributed by atoms with Crippen molar-refractivity contribution in [2.24, 2.45) is 7.05 Å². The Hall–Kier alpha value is -1.88. The summed E-state index contributed by atoms with van der Waals surface area (Å²) in [6.07, 6.45) is 5.67. The van der Waals surface area contributed by atoms with Crippen molar-refractivity contribution in [1.29, 1.82) is 0 Å². The first-order chi connectivity index (χ1) is 8.28. The largest absolute Gasteiger partial charge is 0.481 e. The molecular weight excluding hydrogens is 216 g/mol. The fourth-order valence-corrected chi connectivity index (χ4v) is 1.55. The van der Waals surface area contributed by atoms with Crippen LogP contribution in [0.5, 0.6) is 5.88 Å². The Bertz CT molecular complexity index is 464. The molecule has 5 heteroatoms. The second kappa shape index (κ2) is 5.45. The number of nitrogens with one attached hydrogen (secondary N) is 1. The van der Waals surface area contributed by atoms with Crippen LogP contribution in [0.2, 0.25) is 0 Å². The summed E-state index contributed by atoms with van der Waals surface area (Å²) in [4.78, 5) is 4.15. The van der Waals surface area contributed by atoms with Gasteiger partial charge >= 0.3 is 0 Å². The maximum atomic E-state index is 5.00. The van der Waals surface area contributed by atoms with Crippen molar-refractivity contribution in [1.82, 2.24) is 20.1 Å². The molecule has 0 radical (unpaired) electrons. The van der Waals surface area contributed by atoms with Gasteiger partial charge in [-0.25, -0.2) is 4.98 Å². The van der Waals surface area contributed by atoms with Crippen molar-refractivity contribution in [3.05, 3.63) is 41.9 Å². The Morgan fingerprint density at radius 3 is 2.65 bits per heavy atom. The van der Waals surface area contributed by atoms with Crippen LogP contribution in [0.3, 0.4) is 0 Å². The molecular formula is C12H16N4O. The summed E-state index contributed by atoms with van der Waals surface area (Å²) >= 11 is 0. The van der Waals surface area contributed by atoms with Crippen LogP contribution in [-0.2, 0) is 20.1 Å². The van der Waals surface area contributed by atoms with E-state index in [1.165, 1.54) is 5.56 Å². The summed E-state index contributed by atoms with van der Waals surface area (Å²) in [5, 5.41) is 7.45. The highest BCUT2D eigenvalue weighted by Gasteiger charge is 1.97. The lowest BCUT2D eigenvalue weighted by molar-refractivity contribution is 0.397. The van der Waals surface area contributed by atoms with E-state index in [0.717, 1.165) is 18.7 Å². The van der Waals surface area contributed by atoms with Gasteiger partial charge < -0.3 is 10.1 Å². The number of aryl methyl sites for hydroxylation is 1. The quantitative estimate of drug-likeness (QED) is 0.839. The Balaban J connectivity index is 1.81. The third-order valence-electron chi connectivity index (χ3n) is 2.42. The molecule has 0 spiro atoms. The minimum atomic E-state index is 0.640. The smallest absolute Gasteiger partial charge is 0.212 e. The lowest BCUT2D eigenvalue weighted by Crippen LogP contribution is -2.12. The first kappa shape index (κ1) is 11.6. The van der Waals surface area contributed by atoms with Gasteiger partial charge in [0.15, 0.2) is 0 Å². The van der Waals surface area contributed by atoms with E-state index in [2.05, 4.69) is 15.4 Å². The molecule has 0 aliphatic rings. The van der Waals surface area contributed by atoms with Crippen molar-refractivity contribution in [2.45, 2.75) is 13.1 Å². The molecule has 0 aliphatic heterocycles. The third kappa shape index (κ3) is 3.29. The molecule has 0 atom stereocenters. The van der Waals surface area contributed by atoms with E-state index in [0.29, 0.717) is 5.88 Å². The van der Waals surface area contributed by atoms with E-state index in [4.69, 9.17) is 4.74 Å². The second-order valence-electron chi connectivity index (χ2n) is 3.83. The zero-order valence-corrected chi connectivity index (χ0v) is 10.1. The molecule has 0 aliphatic carbocycles. The van der Waals surface area contributed by atoms with Crippen molar-refractivity contribution in [3.63, 3.8) is 0 Å². The Morgan fingerprint density at radius 2 is 2.06 bits per heavy atom. The SMILES string of the molecule is COc1ccc(CNCc2cnn(C)c2)cn1. The van der Waals surface area contributed by atoms with Crippen LogP contribution in [0.25, 0.3) is 0 Å². The van der Waals surface area contributed by atoms with Crippen molar-refractivity contribution < 1.29 is 4.74 Å². The molecule has 0 saturated heterocycles. The standard InChI is InChI=1S/C12H16N4O/c1-16-9-11(8-15-16)6-13-5-10-3-4-12(17-2)14-7-10/h3-4,7-9,13H,5-6H2,1-2H3. The van der Waals surface area contributed by atoms with Crippen LogP contribution in [0.1, 0.15) is 11.1 Å². The fourth-order valence-electron chi connectivity index (χ4n) is 1.55. The van der Waals surface area contributed by atoms with Gasteiger partial charge in [-0.15, -0.1) is 0 Å². The first-order valence-electron chi connectivity index (χ1n) is 5.45. The molecule has 0 bridgehead atoms. The fraction of sp³-hybridized carbons (Fsp3) is 0.333. The van der Waals surface area contributed by atoms with Gasteiger partial charge in [0.05, 0.1) is 13.3 Å². The predicted molar refractivity (Wildman–Crippen MR) is 64.5 cm³/mol. The lowest BCUT2D eigenvalue weighted by atomic mass is 10.2. The molecule has 2 rings (SSSR count). The Labute approximate surface area is 100 Å². The highest BCUT2D eigenvalue weighted by molar-refractivity contribution is 5.17. The molecule has 0 aromatic carbocycles. The first-order valence-corrected chi connectivity index (χ1v) is 5.45. The topological polar surface area (TPSA) is 52.0 Å². The van der Waals surface area contributed by atoms with Gasteiger partial charge in [-0.05, 0) is 5.56 Å². The number of nitrogens with zero attached hydrogens (tertiary/aromatic N) is 3. The van der Waals surface area contributed by atoms with Crippen LogP contribution in [-0.4, -0.2) is 21.9 Å². The number of rotatable bonds is 5. The van der Waals surface area contributed by atoms with E-state index >= 15 is 0 Å². The number of hydrogen-bond acceptors (Lipinski definition) is 4. The van der Waals surface area contributed by atoms with Crippen molar-refractivity contribution in [2.75, 3.05) is 7.11 Å². The van der Waals surface area contributed by atoms with Crippen molar-refractivity contribution >= 4 is 0 Å². The molecule has 2 aromatic rings. The molecule has 1 N–H and O–H groups in total. The molecule has 0 fully saturated rings. The number of pyridine rings is 1. The summed E-state index contributed by atoms with van der Waals surface area (Å²) < 4.78 is 6.80. The summed E-state index contributed by atoms with van der Waals surface area (Å²) in [6.45, 7) is 1.59. The van der Waals surface area contributed by atoms with Crippen molar-refractivity contribution in [3.8, 4) is 5.88 Å². The minimum absolute atomic E-state index is 0.640. The van der Waals surface area contributed by atoms with E-state index in [9.17, 15) is 0 Å². The van der Waals surface area contributed by atoms with Gasteiger partial charge in [-0.2, -0.15) is 5.10 Å². The van der Waals surface area contributed by atoms with Gasteiger partial charge in [0.25, 0.3) is 0 Å². The zero-order chi connectivity index (χ0) is 12.1. The average Bonchev–Trinajstić information content (AvgIpc) is 2.76. The lowest BCUT2D eigenvalue weighted by Gasteiger charge is -2.04. The van der Waals surface area contributed by atoms with E-state index in [1.807, 2.05) is 37.8 Å². The van der Waals surface area contributed by atoms with E-state index < -0.39 is 0 Å². The highest BCUT2D eigenvalue weighted by atomic mass is 16.5. The molecule has 0 amide bonds. The van der Waals surface area contributed by atoms with Gasteiger partial charge in [0.2, 0.25) is 5.88 Å². The zero-order valence-electron chi connectivity index (χ0n) is 10.1. The van der Waals surface area contributed by atoms with Crippen LogP contribution in [0.4, 0.5) is 0 Å². The van der Waals surface area contributed by atoms with Gasteiger partial charge in [-0.1, -0.05) is 6.07 Å². The summed E-state index contributed by atoms with van der Waals surface area (Å²) in [5.74, 6) is 0.640. The second-order valence-corrected chi connectivity index (χ2v) is 3.83. The number of methoxy groups -OCH3 is 1. The molecule has 0 saturated carbocycles. The van der Waals surface area contributed by atoms with E-state index in [1.54, 1.807) is 11.8 Å². The Kier molecular flexibility index (Phi) is 3.72. The maximum absolute atomic E-state index is 5.00. The summed E-state index contributed by atoms with van der Waals surface area (Å²) in [7, 11) is 3.53. The van der Waals surface area contributed by atoms with Crippen LogP contribution < -0.4 is 10.1 Å². The van der Waals surface area contributed by atoms with Crippen LogP contribution in [0.15, 0.2) is 30.7 Å². The predicted octanol–water partition coefficient (Wildman–Crippen LogP) is 1.11. The van der Waals surface area contributed by atoms with Gasteiger partial charge in [0.1, 0.15) is 0 Å². The number of hydrogen-bond donors (Lipinski definition) is 1. The summed E-state index contributed by atoms with van der Waals surface area (Å²) in [6, 6.07) is 3.86. The molecule has 5 nitrogen and oxygen atoms in total. The van der Waals surface area contributed by atoms with Crippen LogP contribution >= 0.6 is 0 Å². The maximum Gasteiger partial charge on any atom is 0.212 e. The third-order valence-corrected chi connectivity index (χ3v) is 2.42. The van der Waals surface area contributed by atoms with Gasteiger partial charge in [0, 0.05) is 44.2 Å². The molecule has 90 valence electrons. The Morgan fingerprint density at radius 1 is 1.24 bits per heavy atom. The number of ether oxygens (including phenoxy) is 1. The molecule has 2 heterocycles.